The second kappa shape index (κ2) is 7.85. The molecule has 4 nitrogen and oxygen atoms in total. The van der Waals surface area contributed by atoms with Crippen LogP contribution in [0, 0.1) is 5.82 Å². The zero-order chi connectivity index (χ0) is 19.4. The van der Waals surface area contributed by atoms with E-state index in [2.05, 4.69) is 10.2 Å². The van der Waals surface area contributed by atoms with Gasteiger partial charge >= 0.3 is 12.2 Å². The number of piperazine rings is 1. The average Bonchev–Trinajstić information content (AvgIpc) is 2.66. The molecule has 0 spiro atoms. The molecule has 1 N–H and O–H groups in total. The standard InChI is InChI=1S/C19H19F4N3O/c20-16-5-7-17(8-6-16)25-9-11-26(12-10-25)18(27)24-13-14-1-3-15(4-2-14)19(21,22)23/h1-8H,9-13H2,(H,24,27). The Morgan fingerprint density at radius 2 is 1.52 bits per heavy atom. The number of urea groups is 1. The molecule has 0 unspecified atom stereocenters. The summed E-state index contributed by atoms with van der Waals surface area (Å²) in [7, 11) is 0. The van der Waals surface area contributed by atoms with Crippen molar-refractivity contribution in [1.29, 1.82) is 0 Å². The van der Waals surface area contributed by atoms with Crippen LogP contribution in [0.25, 0.3) is 0 Å². The Morgan fingerprint density at radius 3 is 2.07 bits per heavy atom. The molecule has 0 saturated carbocycles. The Labute approximate surface area is 154 Å². The van der Waals surface area contributed by atoms with E-state index in [-0.39, 0.29) is 18.4 Å². The smallest absolute Gasteiger partial charge is 0.368 e. The molecule has 0 atom stereocenters. The number of carbonyl (C=O) groups is 1. The zero-order valence-electron chi connectivity index (χ0n) is 14.5. The lowest BCUT2D eigenvalue weighted by Gasteiger charge is -2.36. The number of amides is 2. The first-order valence-electron chi connectivity index (χ1n) is 8.52. The fourth-order valence-electron chi connectivity index (χ4n) is 2.92. The third-order valence-corrected chi connectivity index (χ3v) is 4.48. The maximum atomic E-state index is 13.0. The van der Waals surface area contributed by atoms with Crippen molar-refractivity contribution in [3.63, 3.8) is 0 Å². The Morgan fingerprint density at radius 1 is 0.926 bits per heavy atom. The van der Waals surface area contributed by atoms with E-state index in [1.165, 1.54) is 24.3 Å². The quantitative estimate of drug-likeness (QED) is 0.820. The van der Waals surface area contributed by atoms with Crippen molar-refractivity contribution in [2.24, 2.45) is 0 Å². The van der Waals surface area contributed by atoms with Crippen LogP contribution in [0.4, 0.5) is 28.0 Å². The summed E-state index contributed by atoms with van der Waals surface area (Å²) in [5.41, 5.74) is 0.789. The van der Waals surface area contributed by atoms with Gasteiger partial charge in [-0.2, -0.15) is 13.2 Å². The minimum atomic E-state index is -4.37. The number of alkyl halides is 3. The molecule has 27 heavy (non-hydrogen) atoms. The van der Waals surface area contributed by atoms with Crippen LogP contribution in [0.15, 0.2) is 48.5 Å². The molecule has 2 amide bonds. The highest BCUT2D eigenvalue weighted by atomic mass is 19.4. The van der Waals surface area contributed by atoms with Gasteiger partial charge in [0.15, 0.2) is 0 Å². The van der Waals surface area contributed by atoms with Crippen LogP contribution in [-0.2, 0) is 12.7 Å². The number of rotatable bonds is 3. The average molecular weight is 381 g/mol. The van der Waals surface area contributed by atoms with Crippen LogP contribution in [0.2, 0.25) is 0 Å². The topological polar surface area (TPSA) is 35.6 Å². The second-order valence-electron chi connectivity index (χ2n) is 6.30. The molecule has 1 aliphatic rings. The number of carbonyl (C=O) groups excluding carboxylic acids is 1. The van der Waals surface area contributed by atoms with E-state index in [0.29, 0.717) is 31.7 Å². The fourth-order valence-corrected chi connectivity index (χ4v) is 2.92. The molecule has 1 saturated heterocycles. The number of halogens is 4. The van der Waals surface area contributed by atoms with Crippen LogP contribution in [0.3, 0.4) is 0 Å². The SMILES string of the molecule is O=C(NCc1ccc(C(F)(F)F)cc1)N1CCN(c2ccc(F)cc2)CC1. The molecule has 0 aliphatic carbocycles. The minimum absolute atomic E-state index is 0.162. The van der Waals surface area contributed by atoms with Crippen molar-refractivity contribution in [3.05, 3.63) is 65.5 Å². The lowest BCUT2D eigenvalue weighted by molar-refractivity contribution is -0.137. The molecule has 3 rings (SSSR count). The maximum Gasteiger partial charge on any atom is 0.416 e. The molecule has 8 heteroatoms. The second-order valence-corrected chi connectivity index (χ2v) is 6.30. The minimum Gasteiger partial charge on any atom is -0.368 e. The van der Waals surface area contributed by atoms with Crippen molar-refractivity contribution in [1.82, 2.24) is 10.2 Å². The number of nitrogens with one attached hydrogen (secondary N) is 1. The summed E-state index contributed by atoms with van der Waals surface area (Å²) in [5, 5.41) is 2.73. The van der Waals surface area contributed by atoms with Gasteiger partial charge in [-0.1, -0.05) is 12.1 Å². The van der Waals surface area contributed by atoms with E-state index in [1.54, 1.807) is 17.0 Å². The maximum absolute atomic E-state index is 13.0. The van der Waals surface area contributed by atoms with Crippen LogP contribution >= 0.6 is 0 Å². The van der Waals surface area contributed by atoms with Gasteiger partial charge in [-0.15, -0.1) is 0 Å². The third-order valence-electron chi connectivity index (χ3n) is 4.48. The van der Waals surface area contributed by atoms with Crippen LogP contribution < -0.4 is 10.2 Å². The number of hydrogen-bond acceptors (Lipinski definition) is 2. The molecule has 1 fully saturated rings. The number of nitrogens with zero attached hydrogens (tertiary/aromatic N) is 2. The Balaban J connectivity index is 1.47. The molecule has 2 aromatic rings. The molecule has 144 valence electrons. The summed E-state index contributed by atoms with van der Waals surface area (Å²) >= 11 is 0. The number of hydrogen-bond donors (Lipinski definition) is 1. The van der Waals surface area contributed by atoms with Gasteiger partial charge in [0.1, 0.15) is 5.82 Å². The molecule has 0 radical (unpaired) electrons. The van der Waals surface area contributed by atoms with E-state index in [1.807, 2.05) is 0 Å². The van der Waals surface area contributed by atoms with Crippen molar-refractivity contribution in [2.75, 3.05) is 31.1 Å². The van der Waals surface area contributed by atoms with Gasteiger partial charge in [-0.05, 0) is 42.0 Å². The molecule has 2 aromatic carbocycles. The van der Waals surface area contributed by atoms with E-state index < -0.39 is 11.7 Å². The summed E-state index contributed by atoms with van der Waals surface area (Å²) in [4.78, 5) is 16.0. The van der Waals surface area contributed by atoms with Crippen LogP contribution in [-0.4, -0.2) is 37.1 Å². The van der Waals surface area contributed by atoms with Gasteiger partial charge in [0.2, 0.25) is 0 Å². The van der Waals surface area contributed by atoms with Crippen LogP contribution in [0.1, 0.15) is 11.1 Å². The monoisotopic (exact) mass is 381 g/mol. The molecule has 1 aliphatic heterocycles. The van der Waals surface area contributed by atoms with Gasteiger partial charge < -0.3 is 15.1 Å². The summed E-state index contributed by atoms with van der Waals surface area (Å²) in [6.07, 6.45) is -4.37. The molecule has 1 heterocycles. The van der Waals surface area contributed by atoms with Crippen molar-refractivity contribution < 1.29 is 22.4 Å². The Hall–Kier alpha value is -2.77. The highest BCUT2D eigenvalue weighted by Gasteiger charge is 2.30. The predicted molar refractivity (Wildman–Crippen MR) is 93.9 cm³/mol. The molecular weight excluding hydrogens is 362 g/mol. The highest BCUT2D eigenvalue weighted by Crippen LogP contribution is 2.29. The fraction of sp³-hybridized carbons (Fsp3) is 0.316. The summed E-state index contributed by atoms with van der Waals surface area (Å²) < 4.78 is 50.6. The summed E-state index contributed by atoms with van der Waals surface area (Å²) in [6.45, 7) is 2.43. The lowest BCUT2D eigenvalue weighted by Crippen LogP contribution is -2.51. The first-order chi connectivity index (χ1) is 12.8. The van der Waals surface area contributed by atoms with Crippen molar-refractivity contribution >= 4 is 11.7 Å². The Kier molecular flexibility index (Phi) is 5.53. The molecule has 0 aromatic heterocycles. The largest absolute Gasteiger partial charge is 0.416 e. The number of anilines is 1. The molecular formula is C19H19F4N3O. The van der Waals surface area contributed by atoms with Crippen LogP contribution in [0.5, 0.6) is 0 Å². The highest BCUT2D eigenvalue weighted by molar-refractivity contribution is 5.74. The third kappa shape index (κ3) is 4.90. The zero-order valence-corrected chi connectivity index (χ0v) is 14.5. The van der Waals surface area contributed by atoms with E-state index in [4.69, 9.17) is 0 Å². The van der Waals surface area contributed by atoms with Gasteiger partial charge in [-0.25, -0.2) is 9.18 Å². The number of benzene rings is 2. The predicted octanol–water partition coefficient (Wildman–Crippen LogP) is 3.88. The van der Waals surface area contributed by atoms with E-state index >= 15 is 0 Å². The van der Waals surface area contributed by atoms with Gasteiger partial charge in [-0.3, -0.25) is 0 Å². The van der Waals surface area contributed by atoms with Gasteiger partial charge in [0.05, 0.1) is 5.56 Å². The summed E-state index contributed by atoms with van der Waals surface area (Å²) in [5.74, 6) is -0.292. The van der Waals surface area contributed by atoms with Crippen molar-refractivity contribution in [3.8, 4) is 0 Å². The van der Waals surface area contributed by atoms with Gasteiger partial charge in [0.25, 0.3) is 0 Å². The van der Waals surface area contributed by atoms with Gasteiger partial charge in [0, 0.05) is 38.4 Å². The first-order valence-corrected chi connectivity index (χ1v) is 8.52. The van der Waals surface area contributed by atoms with Crippen molar-refractivity contribution in [2.45, 2.75) is 12.7 Å². The first kappa shape index (κ1) is 19.0. The lowest BCUT2D eigenvalue weighted by atomic mass is 10.1. The normalized spacial score (nSPS) is 15.0. The summed E-state index contributed by atoms with van der Waals surface area (Å²) in [6, 6.07) is 10.7. The Bertz CT molecular complexity index is 767. The van der Waals surface area contributed by atoms with E-state index in [9.17, 15) is 22.4 Å². The van der Waals surface area contributed by atoms with E-state index in [0.717, 1.165) is 17.8 Å². The molecule has 0 bridgehead atoms.